The van der Waals surface area contributed by atoms with Crippen LogP contribution in [0, 0.1) is 10.1 Å². The summed E-state index contributed by atoms with van der Waals surface area (Å²) in [6, 6.07) is 4.65. The number of H-pyrrole nitrogens is 1. The molecule has 1 aliphatic rings. The van der Waals surface area contributed by atoms with Crippen LogP contribution in [0.15, 0.2) is 29.5 Å². The van der Waals surface area contributed by atoms with Crippen LogP contribution in [0.2, 0.25) is 0 Å². The van der Waals surface area contributed by atoms with Crippen molar-refractivity contribution in [3.05, 3.63) is 34.6 Å². The van der Waals surface area contributed by atoms with Gasteiger partial charge in [-0.1, -0.05) is 0 Å². The van der Waals surface area contributed by atoms with Crippen molar-refractivity contribution in [2.45, 2.75) is 0 Å². The highest BCUT2D eigenvalue weighted by Crippen LogP contribution is 2.34. The Labute approximate surface area is 120 Å². The SMILES string of the molecule is CN(C)c1cc([N+](=O)[O-])ccc1N1C=Nc2nc[nH]c2N1. The highest BCUT2D eigenvalue weighted by atomic mass is 16.6. The van der Waals surface area contributed by atoms with E-state index in [1.54, 1.807) is 28.6 Å². The zero-order valence-electron chi connectivity index (χ0n) is 11.4. The third kappa shape index (κ3) is 2.24. The first-order valence-corrected chi connectivity index (χ1v) is 6.15. The average Bonchev–Trinajstić information content (AvgIpc) is 2.93. The lowest BCUT2D eigenvalue weighted by Crippen LogP contribution is -2.31. The number of hydrogen-bond acceptors (Lipinski definition) is 7. The molecule has 0 spiro atoms. The fourth-order valence-corrected chi connectivity index (χ4v) is 2.04. The summed E-state index contributed by atoms with van der Waals surface area (Å²) >= 11 is 0. The van der Waals surface area contributed by atoms with Crippen LogP contribution in [0.1, 0.15) is 0 Å². The van der Waals surface area contributed by atoms with Gasteiger partial charge in [0.05, 0.1) is 22.6 Å². The van der Waals surface area contributed by atoms with E-state index in [1.165, 1.54) is 12.1 Å². The molecule has 0 aliphatic carbocycles. The van der Waals surface area contributed by atoms with Gasteiger partial charge >= 0.3 is 0 Å². The van der Waals surface area contributed by atoms with Gasteiger partial charge < -0.3 is 9.88 Å². The van der Waals surface area contributed by atoms with Gasteiger partial charge in [-0.3, -0.25) is 15.5 Å². The van der Waals surface area contributed by atoms with E-state index in [0.717, 1.165) is 5.69 Å². The molecule has 0 atom stereocenters. The molecule has 0 fully saturated rings. The average molecular weight is 287 g/mol. The summed E-state index contributed by atoms with van der Waals surface area (Å²) in [5.41, 5.74) is 4.59. The highest BCUT2D eigenvalue weighted by molar-refractivity contribution is 5.93. The molecule has 9 heteroatoms. The predicted octanol–water partition coefficient (Wildman–Crippen LogP) is 1.89. The van der Waals surface area contributed by atoms with Crippen molar-refractivity contribution >= 4 is 35.0 Å². The van der Waals surface area contributed by atoms with E-state index in [9.17, 15) is 10.1 Å². The van der Waals surface area contributed by atoms with Gasteiger partial charge in [-0.05, 0) is 6.07 Å². The summed E-state index contributed by atoms with van der Waals surface area (Å²) in [5.74, 6) is 1.24. The first kappa shape index (κ1) is 12.9. The van der Waals surface area contributed by atoms with Crippen LogP contribution >= 0.6 is 0 Å². The lowest BCUT2D eigenvalue weighted by molar-refractivity contribution is -0.384. The number of rotatable bonds is 3. The molecule has 1 aromatic carbocycles. The van der Waals surface area contributed by atoms with Crippen molar-refractivity contribution in [2.75, 3.05) is 29.4 Å². The molecule has 0 bridgehead atoms. The van der Waals surface area contributed by atoms with Crippen molar-refractivity contribution in [2.24, 2.45) is 4.99 Å². The number of fused-ring (bicyclic) bond motifs is 1. The zero-order valence-corrected chi connectivity index (χ0v) is 11.4. The zero-order chi connectivity index (χ0) is 15.0. The van der Waals surface area contributed by atoms with Crippen LogP contribution in [0.3, 0.4) is 0 Å². The molecule has 2 heterocycles. The number of aromatic amines is 1. The largest absolute Gasteiger partial charge is 0.376 e. The molecule has 9 nitrogen and oxygen atoms in total. The van der Waals surface area contributed by atoms with Gasteiger partial charge in [-0.25, -0.2) is 15.0 Å². The summed E-state index contributed by atoms with van der Waals surface area (Å²) in [6.45, 7) is 0. The fraction of sp³-hybridized carbons (Fsp3) is 0.167. The summed E-state index contributed by atoms with van der Waals surface area (Å²) in [7, 11) is 3.65. The number of hydrogen-bond donors (Lipinski definition) is 2. The molecule has 0 saturated heterocycles. The minimum atomic E-state index is -0.415. The first-order chi connectivity index (χ1) is 10.1. The van der Waals surface area contributed by atoms with Crippen LogP contribution in [0.5, 0.6) is 0 Å². The second-order valence-corrected chi connectivity index (χ2v) is 4.65. The van der Waals surface area contributed by atoms with Crippen molar-refractivity contribution in [1.82, 2.24) is 9.97 Å². The van der Waals surface area contributed by atoms with Crippen molar-refractivity contribution in [3.8, 4) is 0 Å². The smallest absolute Gasteiger partial charge is 0.271 e. The van der Waals surface area contributed by atoms with Crippen molar-refractivity contribution in [3.63, 3.8) is 0 Å². The Hall–Kier alpha value is -3.10. The summed E-state index contributed by atoms with van der Waals surface area (Å²) < 4.78 is 0. The van der Waals surface area contributed by atoms with E-state index in [4.69, 9.17) is 0 Å². The number of aromatic nitrogens is 2. The summed E-state index contributed by atoms with van der Waals surface area (Å²) in [6.07, 6.45) is 3.12. The maximum Gasteiger partial charge on any atom is 0.271 e. The van der Waals surface area contributed by atoms with E-state index in [2.05, 4.69) is 20.4 Å². The molecule has 3 rings (SSSR count). The molecule has 2 aromatic rings. The maximum atomic E-state index is 10.9. The Balaban J connectivity index is 2.01. The molecule has 1 aromatic heterocycles. The standard InChI is InChI=1S/C12H13N7O2/c1-17(2)10-5-8(19(20)21)3-4-9(10)18-7-15-11-12(16-18)14-6-13-11/h3-7,16H,1-2H3,(H,13,14). The Morgan fingerprint density at radius 3 is 2.90 bits per heavy atom. The van der Waals surface area contributed by atoms with Crippen molar-refractivity contribution < 1.29 is 4.92 Å². The Morgan fingerprint density at radius 1 is 1.38 bits per heavy atom. The number of imidazole rings is 1. The number of nitro benzene ring substituents is 1. The van der Waals surface area contributed by atoms with Gasteiger partial charge in [0.1, 0.15) is 6.34 Å². The van der Waals surface area contributed by atoms with Crippen molar-refractivity contribution in [1.29, 1.82) is 0 Å². The molecule has 21 heavy (non-hydrogen) atoms. The monoisotopic (exact) mass is 287 g/mol. The minimum Gasteiger partial charge on any atom is -0.376 e. The molecule has 0 saturated carbocycles. The lowest BCUT2D eigenvalue weighted by Gasteiger charge is -2.27. The number of non-ortho nitro benzene ring substituents is 1. The van der Waals surface area contributed by atoms with Crippen LogP contribution in [-0.4, -0.2) is 35.3 Å². The van der Waals surface area contributed by atoms with E-state index in [0.29, 0.717) is 17.3 Å². The third-order valence-electron chi connectivity index (χ3n) is 3.06. The van der Waals surface area contributed by atoms with Gasteiger partial charge in [0, 0.05) is 26.2 Å². The van der Waals surface area contributed by atoms with E-state index < -0.39 is 4.92 Å². The summed E-state index contributed by atoms with van der Waals surface area (Å²) in [4.78, 5) is 23.5. The number of nitrogens with zero attached hydrogens (tertiary/aromatic N) is 5. The number of anilines is 3. The second kappa shape index (κ2) is 4.78. The van der Waals surface area contributed by atoms with E-state index in [-0.39, 0.29) is 5.69 Å². The topological polar surface area (TPSA) is 103 Å². The number of hydrazine groups is 1. The van der Waals surface area contributed by atoms with E-state index >= 15 is 0 Å². The van der Waals surface area contributed by atoms with E-state index in [1.807, 2.05) is 14.1 Å². The predicted molar refractivity (Wildman–Crippen MR) is 80.3 cm³/mol. The fourth-order valence-electron chi connectivity index (χ4n) is 2.04. The van der Waals surface area contributed by atoms with Gasteiger partial charge in [0.25, 0.3) is 5.69 Å². The van der Waals surface area contributed by atoms with Gasteiger partial charge in [0.15, 0.2) is 11.6 Å². The van der Waals surface area contributed by atoms with Gasteiger partial charge in [-0.15, -0.1) is 0 Å². The molecule has 0 unspecified atom stereocenters. The number of aliphatic imine (C=N–C) groups is 1. The molecule has 2 N–H and O–H groups in total. The normalized spacial score (nSPS) is 12.8. The molecule has 0 radical (unpaired) electrons. The van der Waals surface area contributed by atoms with Crippen LogP contribution in [0.4, 0.5) is 28.7 Å². The second-order valence-electron chi connectivity index (χ2n) is 4.65. The molecule has 0 amide bonds. The molecular formula is C12H13N7O2. The van der Waals surface area contributed by atoms with Crippen LogP contribution in [-0.2, 0) is 0 Å². The quantitative estimate of drug-likeness (QED) is 0.660. The van der Waals surface area contributed by atoms with Gasteiger partial charge in [0.2, 0.25) is 0 Å². The Kier molecular flexibility index (Phi) is 2.94. The van der Waals surface area contributed by atoms with Crippen LogP contribution < -0.4 is 15.3 Å². The molecule has 108 valence electrons. The third-order valence-corrected chi connectivity index (χ3v) is 3.06. The summed E-state index contributed by atoms with van der Waals surface area (Å²) in [5, 5.41) is 12.6. The molecular weight excluding hydrogens is 274 g/mol. The maximum absolute atomic E-state index is 10.9. The highest BCUT2D eigenvalue weighted by Gasteiger charge is 2.20. The first-order valence-electron chi connectivity index (χ1n) is 6.15. The molecule has 1 aliphatic heterocycles. The minimum absolute atomic E-state index is 0.0404. The van der Waals surface area contributed by atoms with Crippen LogP contribution in [0.25, 0.3) is 0 Å². The Morgan fingerprint density at radius 2 is 2.19 bits per heavy atom. The Bertz CT molecular complexity index is 722. The number of benzene rings is 1. The number of nitrogens with one attached hydrogen (secondary N) is 2. The lowest BCUT2D eigenvalue weighted by atomic mass is 10.2. The van der Waals surface area contributed by atoms with Gasteiger partial charge in [-0.2, -0.15) is 0 Å². The number of nitro groups is 1.